The van der Waals surface area contributed by atoms with E-state index in [1.54, 1.807) is 0 Å². The first-order valence-corrected chi connectivity index (χ1v) is 7.52. The van der Waals surface area contributed by atoms with E-state index in [2.05, 4.69) is 33.0 Å². The number of amides is 1. The van der Waals surface area contributed by atoms with Gasteiger partial charge in [-0.3, -0.25) is 4.79 Å². The maximum atomic E-state index is 12.9. The van der Waals surface area contributed by atoms with Crippen LogP contribution in [0.2, 0.25) is 0 Å². The molecule has 1 amide bonds. The van der Waals surface area contributed by atoms with E-state index >= 15 is 0 Å². The highest BCUT2D eigenvalue weighted by atomic mass is 16.6. The molecule has 0 aliphatic carbocycles. The van der Waals surface area contributed by atoms with Crippen molar-refractivity contribution in [2.75, 3.05) is 13.2 Å². The van der Waals surface area contributed by atoms with Crippen LogP contribution in [0.15, 0.2) is 0 Å². The van der Waals surface area contributed by atoms with Crippen molar-refractivity contribution in [1.29, 1.82) is 0 Å². The minimum Gasteiger partial charge on any atom is -0.371 e. The Bertz CT molecular complexity index is 413. The molecule has 2 unspecified atom stereocenters. The third-order valence-corrected chi connectivity index (χ3v) is 4.42. The quantitative estimate of drug-likeness (QED) is 0.775. The summed E-state index contributed by atoms with van der Waals surface area (Å²) in [6.07, 6.45) is 1.49. The van der Waals surface area contributed by atoms with E-state index in [1.165, 1.54) is 0 Å². The Labute approximate surface area is 121 Å². The number of hydrogen-bond acceptors (Lipinski definition) is 4. The molecule has 3 aliphatic heterocycles. The monoisotopic (exact) mass is 282 g/mol. The Morgan fingerprint density at radius 3 is 2.30 bits per heavy atom. The van der Waals surface area contributed by atoms with Gasteiger partial charge in [0.2, 0.25) is 0 Å². The average molecular weight is 282 g/mol. The van der Waals surface area contributed by atoms with E-state index < -0.39 is 5.60 Å². The van der Waals surface area contributed by atoms with E-state index in [-0.39, 0.29) is 29.3 Å². The first kappa shape index (κ1) is 14.3. The summed E-state index contributed by atoms with van der Waals surface area (Å²) in [5, 5.41) is 3.61. The van der Waals surface area contributed by atoms with Crippen LogP contribution < -0.4 is 5.32 Å². The second-order valence-electron chi connectivity index (χ2n) is 7.87. The lowest BCUT2D eigenvalue weighted by Gasteiger charge is -2.49. The molecule has 0 aromatic heterocycles. The zero-order chi connectivity index (χ0) is 14.8. The molecule has 2 atom stereocenters. The predicted octanol–water partition coefficient (Wildman–Crippen LogP) is 1.27. The summed E-state index contributed by atoms with van der Waals surface area (Å²) < 4.78 is 11.5. The third kappa shape index (κ3) is 2.47. The van der Waals surface area contributed by atoms with Gasteiger partial charge in [-0.25, -0.2) is 0 Å². The number of carbonyl (C=O) groups is 1. The molecule has 0 radical (unpaired) electrons. The summed E-state index contributed by atoms with van der Waals surface area (Å²) in [6.45, 7) is 12.0. The highest BCUT2D eigenvalue weighted by Crippen LogP contribution is 2.44. The number of piperidine rings is 1. The van der Waals surface area contributed by atoms with Crippen molar-refractivity contribution in [1.82, 2.24) is 10.2 Å². The Morgan fingerprint density at radius 2 is 1.80 bits per heavy atom. The topological polar surface area (TPSA) is 54.1 Å². The van der Waals surface area contributed by atoms with Gasteiger partial charge in [0.05, 0.1) is 19.3 Å². The van der Waals surface area contributed by atoms with Gasteiger partial charge in [-0.15, -0.1) is 0 Å². The molecule has 3 saturated heterocycles. The Morgan fingerprint density at radius 1 is 1.25 bits per heavy atom. The van der Waals surface area contributed by atoms with Crippen LogP contribution in [0.25, 0.3) is 0 Å². The molecule has 114 valence electrons. The Kier molecular flexibility index (Phi) is 2.99. The molecular weight excluding hydrogens is 256 g/mol. The number of nitrogens with one attached hydrogen (secondary N) is 1. The molecular formula is C15H26N2O3. The number of epoxide rings is 1. The van der Waals surface area contributed by atoms with E-state index in [1.807, 2.05) is 11.8 Å². The second-order valence-corrected chi connectivity index (χ2v) is 7.87. The molecule has 1 spiro atoms. The molecule has 5 heteroatoms. The van der Waals surface area contributed by atoms with Crippen LogP contribution in [0.3, 0.4) is 0 Å². The van der Waals surface area contributed by atoms with E-state index in [9.17, 15) is 4.79 Å². The van der Waals surface area contributed by atoms with Gasteiger partial charge in [-0.1, -0.05) is 0 Å². The van der Waals surface area contributed by atoms with Gasteiger partial charge in [0.25, 0.3) is 5.91 Å². The van der Waals surface area contributed by atoms with Crippen molar-refractivity contribution in [3.8, 4) is 0 Å². The van der Waals surface area contributed by atoms with Crippen molar-refractivity contribution in [3.63, 3.8) is 0 Å². The third-order valence-electron chi connectivity index (χ3n) is 4.42. The van der Waals surface area contributed by atoms with Gasteiger partial charge in [0, 0.05) is 23.9 Å². The smallest absolute Gasteiger partial charge is 0.257 e. The van der Waals surface area contributed by atoms with Gasteiger partial charge in [0.15, 0.2) is 5.60 Å². The molecule has 3 fully saturated rings. The number of carbonyl (C=O) groups excluding carboxylic acids is 1. The molecule has 3 heterocycles. The predicted molar refractivity (Wildman–Crippen MR) is 75.3 cm³/mol. The summed E-state index contributed by atoms with van der Waals surface area (Å²) in [7, 11) is 0. The van der Waals surface area contributed by atoms with Gasteiger partial charge in [-0.05, 0) is 34.6 Å². The van der Waals surface area contributed by atoms with Crippen LogP contribution in [-0.2, 0) is 14.3 Å². The molecule has 0 aromatic carbocycles. The van der Waals surface area contributed by atoms with Crippen LogP contribution in [0.1, 0.15) is 47.5 Å². The van der Waals surface area contributed by atoms with Gasteiger partial charge in [0.1, 0.15) is 6.23 Å². The first-order valence-electron chi connectivity index (χ1n) is 7.52. The minimum atomic E-state index is -0.674. The number of rotatable bonds is 2. The van der Waals surface area contributed by atoms with Crippen LogP contribution in [0, 0.1) is 0 Å². The Hall–Kier alpha value is -0.650. The molecule has 0 aromatic rings. The average Bonchev–Trinajstić information content (AvgIpc) is 2.99. The zero-order valence-corrected chi connectivity index (χ0v) is 13.2. The largest absolute Gasteiger partial charge is 0.371 e. The van der Waals surface area contributed by atoms with Crippen LogP contribution in [0.4, 0.5) is 0 Å². The lowest BCUT2D eigenvalue weighted by Crippen LogP contribution is -2.65. The molecule has 0 saturated carbocycles. The van der Waals surface area contributed by atoms with E-state index in [0.717, 1.165) is 6.61 Å². The fourth-order valence-electron chi connectivity index (χ4n) is 4.22. The van der Waals surface area contributed by atoms with Crippen molar-refractivity contribution in [3.05, 3.63) is 0 Å². The molecule has 20 heavy (non-hydrogen) atoms. The number of ether oxygens (including phenoxy) is 2. The van der Waals surface area contributed by atoms with Crippen molar-refractivity contribution >= 4 is 5.91 Å². The maximum absolute atomic E-state index is 12.9. The van der Waals surface area contributed by atoms with E-state index in [0.29, 0.717) is 19.4 Å². The fraction of sp³-hybridized carbons (Fsp3) is 0.933. The molecule has 0 bridgehead atoms. The second kappa shape index (κ2) is 4.18. The standard InChI is InChI=1S/C15H26N2O3/c1-10-17(6-11-7-19-11)12(18)15(20-10)8-13(2,3)16-14(4,5)9-15/h10-11,16H,6-9H2,1-5H3. The first-order chi connectivity index (χ1) is 9.13. The molecule has 5 nitrogen and oxygen atoms in total. The highest BCUT2D eigenvalue weighted by Gasteiger charge is 2.59. The van der Waals surface area contributed by atoms with Gasteiger partial charge >= 0.3 is 0 Å². The summed E-state index contributed by atoms with van der Waals surface area (Å²) >= 11 is 0. The lowest BCUT2D eigenvalue weighted by atomic mass is 9.72. The summed E-state index contributed by atoms with van der Waals surface area (Å²) in [5.41, 5.74) is -0.890. The van der Waals surface area contributed by atoms with E-state index in [4.69, 9.17) is 9.47 Å². The van der Waals surface area contributed by atoms with Gasteiger partial charge < -0.3 is 19.7 Å². The SMILES string of the molecule is CC1OC2(CC(C)(C)NC(C)(C)C2)C(=O)N1CC1CO1. The number of hydrogen-bond donors (Lipinski definition) is 1. The summed E-state index contributed by atoms with van der Waals surface area (Å²) in [5.74, 6) is 0.142. The van der Waals surface area contributed by atoms with Crippen LogP contribution >= 0.6 is 0 Å². The van der Waals surface area contributed by atoms with Crippen LogP contribution in [-0.4, -0.2) is 53.0 Å². The number of nitrogens with zero attached hydrogens (tertiary/aromatic N) is 1. The maximum Gasteiger partial charge on any atom is 0.257 e. The van der Waals surface area contributed by atoms with Crippen LogP contribution in [0.5, 0.6) is 0 Å². The minimum absolute atomic E-state index is 0.108. The van der Waals surface area contributed by atoms with Crippen molar-refractivity contribution < 1.29 is 14.3 Å². The van der Waals surface area contributed by atoms with Crippen molar-refractivity contribution in [2.45, 2.75) is 76.5 Å². The normalized spacial score (nSPS) is 37.5. The molecule has 3 aliphatic rings. The Balaban J connectivity index is 1.85. The molecule has 1 N–H and O–H groups in total. The molecule has 3 rings (SSSR count). The summed E-state index contributed by atoms with van der Waals surface area (Å²) in [4.78, 5) is 14.8. The van der Waals surface area contributed by atoms with Crippen molar-refractivity contribution in [2.24, 2.45) is 0 Å². The fourth-order valence-corrected chi connectivity index (χ4v) is 4.22. The lowest BCUT2D eigenvalue weighted by molar-refractivity contribution is -0.146. The zero-order valence-electron chi connectivity index (χ0n) is 13.2. The summed E-state index contributed by atoms with van der Waals surface area (Å²) in [6, 6.07) is 0. The highest BCUT2D eigenvalue weighted by molar-refractivity contribution is 5.87. The van der Waals surface area contributed by atoms with Gasteiger partial charge in [-0.2, -0.15) is 0 Å².